The van der Waals surface area contributed by atoms with E-state index >= 15 is 0 Å². The minimum atomic E-state index is 0.117. The Bertz CT molecular complexity index is 536. The number of benzene rings is 1. The first kappa shape index (κ1) is 13.2. The average molecular weight is 310 g/mol. The van der Waals surface area contributed by atoms with Crippen molar-refractivity contribution in [3.05, 3.63) is 51.9 Å². The zero-order valence-electron chi connectivity index (χ0n) is 10.7. The lowest BCUT2D eigenvalue weighted by Gasteiger charge is -2.17. The summed E-state index contributed by atoms with van der Waals surface area (Å²) in [7, 11) is 3.60. The topological polar surface area (TPSA) is 34.4 Å². The maximum atomic E-state index is 5.37. The standard InChI is InChI=1S/C14H16BrNO2/c1-9-11(6-7-18-9)14(16-2)10-4-5-13(17-3)12(15)8-10/h4-8,14,16H,1-3H3. The van der Waals surface area contributed by atoms with Crippen LogP contribution in [0, 0.1) is 6.92 Å². The highest BCUT2D eigenvalue weighted by Crippen LogP contribution is 2.31. The summed E-state index contributed by atoms with van der Waals surface area (Å²) in [5.41, 5.74) is 2.31. The molecular formula is C14H16BrNO2. The summed E-state index contributed by atoms with van der Waals surface area (Å²) in [6, 6.07) is 8.18. The maximum Gasteiger partial charge on any atom is 0.133 e. The molecule has 96 valence electrons. The molecule has 1 unspecified atom stereocenters. The summed E-state index contributed by atoms with van der Waals surface area (Å²) in [6.07, 6.45) is 1.72. The number of rotatable bonds is 4. The predicted molar refractivity (Wildman–Crippen MR) is 75.0 cm³/mol. The lowest BCUT2D eigenvalue weighted by atomic mass is 9.99. The second-order valence-corrected chi connectivity index (χ2v) is 4.90. The van der Waals surface area contributed by atoms with Crippen molar-refractivity contribution in [3.8, 4) is 5.75 Å². The van der Waals surface area contributed by atoms with Crippen LogP contribution in [-0.4, -0.2) is 14.2 Å². The fraction of sp³-hybridized carbons (Fsp3) is 0.286. The van der Waals surface area contributed by atoms with Crippen LogP contribution in [0.15, 0.2) is 39.4 Å². The van der Waals surface area contributed by atoms with Crippen LogP contribution >= 0.6 is 15.9 Å². The second-order valence-electron chi connectivity index (χ2n) is 4.05. The molecule has 1 aromatic heterocycles. The Hall–Kier alpha value is -1.26. The molecule has 0 spiro atoms. The molecule has 1 aromatic carbocycles. The van der Waals surface area contributed by atoms with Crippen molar-refractivity contribution in [2.75, 3.05) is 14.2 Å². The molecule has 1 N–H and O–H groups in total. The Labute approximate surface area is 115 Å². The third-order valence-corrected chi connectivity index (χ3v) is 3.63. The largest absolute Gasteiger partial charge is 0.496 e. The van der Waals surface area contributed by atoms with E-state index in [1.807, 2.05) is 26.1 Å². The van der Waals surface area contributed by atoms with E-state index in [1.54, 1.807) is 13.4 Å². The normalized spacial score (nSPS) is 12.4. The summed E-state index contributed by atoms with van der Waals surface area (Å²) in [6.45, 7) is 1.97. The molecule has 2 aromatic rings. The summed E-state index contributed by atoms with van der Waals surface area (Å²) in [5, 5.41) is 3.30. The van der Waals surface area contributed by atoms with E-state index in [4.69, 9.17) is 9.15 Å². The fourth-order valence-corrected chi connectivity index (χ4v) is 2.62. The summed E-state index contributed by atoms with van der Waals surface area (Å²) in [5.74, 6) is 1.76. The zero-order valence-corrected chi connectivity index (χ0v) is 12.2. The molecule has 0 aliphatic rings. The highest BCUT2D eigenvalue weighted by molar-refractivity contribution is 9.10. The number of methoxy groups -OCH3 is 1. The van der Waals surface area contributed by atoms with Crippen molar-refractivity contribution in [3.63, 3.8) is 0 Å². The highest BCUT2D eigenvalue weighted by atomic mass is 79.9. The molecule has 18 heavy (non-hydrogen) atoms. The third kappa shape index (κ3) is 2.44. The quantitative estimate of drug-likeness (QED) is 0.935. The Morgan fingerprint density at radius 3 is 2.61 bits per heavy atom. The number of halogens is 1. The monoisotopic (exact) mass is 309 g/mol. The number of aryl methyl sites for hydroxylation is 1. The molecule has 1 heterocycles. The van der Waals surface area contributed by atoms with E-state index in [-0.39, 0.29) is 6.04 Å². The van der Waals surface area contributed by atoms with Gasteiger partial charge in [0.2, 0.25) is 0 Å². The molecule has 3 nitrogen and oxygen atoms in total. The van der Waals surface area contributed by atoms with Crippen LogP contribution in [-0.2, 0) is 0 Å². The molecule has 0 fully saturated rings. The molecule has 1 atom stereocenters. The van der Waals surface area contributed by atoms with E-state index < -0.39 is 0 Å². The van der Waals surface area contributed by atoms with E-state index in [0.29, 0.717) is 0 Å². The van der Waals surface area contributed by atoms with Crippen molar-refractivity contribution in [2.24, 2.45) is 0 Å². The van der Waals surface area contributed by atoms with Gasteiger partial charge in [-0.05, 0) is 53.7 Å². The lowest BCUT2D eigenvalue weighted by molar-refractivity contribution is 0.412. The Morgan fingerprint density at radius 2 is 2.11 bits per heavy atom. The van der Waals surface area contributed by atoms with E-state index in [2.05, 4.69) is 33.4 Å². The van der Waals surface area contributed by atoms with Gasteiger partial charge >= 0.3 is 0 Å². The number of ether oxygens (including phenoxy) is 1. The molecule has 0 bridgehead atoms. The predicted octanol–water partition coefficient (Wildman–Crippen LogP) is 3.67. The Balaban J connectivity index is 2.40. The minimum absolute atomic E-state index is 0.117. The third-order valence-electron chi connectivity index (χ3n) is 3.01. The van der Waals surface area contributed by atoms with Crippen molar-refractivity contribution in [2.45, 2.75) is 13.0 Å². The first-order chi connectivity index (χ1) is 8.67. The minimum Gasteiger partial charge on any atom is -0.496 e. The lowest BCUT2D eigenvalue weighted by Crippen LogP contribution is -2.17. The van der Waals surface area contributed by atoms with Gasteiger partial charge in [0.1, 0.15) is 11.5 Å². The van der Waals surface area contributed by atoms with Gasteiger partial charge in [-0.1, -0.05) is 6.07 Å². The van der Waals surface area contributed by atoms with Crippen LogP contribution in [0.3, 0.4) is 0 Å². The van der Waals surface area contributed by atoms with Gasteiger partial charge in [-0.25, -0.2) is 0 Å². The molecule has 2 rings (SSSR count). The van der Waals surface area contributed by atoms with Gasteiger partial charge in [0.25, 0.3) is 0 Å². The van der Waals surface area contributed by atoms with Gasteiger partial charge in [0.05, 0.1) is 23.9 Å². The molecule has 0 amide bonds. The zero-order chi connectivity index (χ0) is 13.1. The first-order valence-electron chi connectivity index (χ1n) is 5.72. The van der Waals surface area contributed by atoms with Crippen LogP contribution in [0.25, 0.3) is 0 Å². The SMILES string of the molecule is CNC(c1ccc(OC)c(Br)c1)c1ccoc1C. The summed E-state index contributed by atoms with van der Waals surface area (Å²) >= 11 is 3.51. The number of nitrogens with one attached hydrogen (secondary N) is 1. The molecule has 4 heteroatoms. The number of furan rings is 1. The summed E-state index contributed by atoms with van der Waals surface area (Å²) in [4.78, 5) is 0. The van der Waals surface area contributed by atoms with E-state index in [9.17, 15) is 0 Å². The van der Waals surface area contributed by atoms with Gasteiger partial charge in [0.15, 0.2) is 0 Å². The maximum absolute atomic E-state index is 5.37. The Morgan fingerprint density at radius 1 is 1.33 bits per heavy atom. The van der Waals surface area contributed by atoms with Gasteiger partial charge in [-0.2, -0.15) is 0 Å². The van der Waals surface area contributed by atoms with Crippen molar-refractivity contribution in [1.82, 2.24) is 5.32 Å². The second kappa shape index (κ2) is 5.59. The first-order valence-corrected chi connectivity index (χ1v) is 6.51. The van der Waals surface area contributed by atoms with Crippen LogP contribution in [0.1, 0.15) is 22.9 Å². The van der Waals surface area contributed by atoms with E-state index in [0.717, 1.165) is 27.1 Å². The average Bonchev–Trinajstić information content (AvgIpc) is 2.77. The molecule has 0 aliphatic heterocycles. The number of hydrogen-bond acceptors (Lipinski definition) is 3. The molecule has 0 aliphatic carbocycles. The smallest absolute Gasteiger partial charge is 0.133 e. The summed E-state index contributed by atoms with van der Waals surface area (Å²) < 4.78 is 11.6. The van der Waals surface area contributed by atoms with Crippen LogP contribution in [0.2, 0.25) is 0 Å². The van der Waals surface area contributed by atoms with Crippen LogP contribution < -0.4 is 10.1 Å². The van der Waals surface area contributed by atoms with Gasteiger partial charge < -0.3 is 14.5 Å². The van der Waals surface area contributed by atoms with Crippen LogP contribution in [0.4, 0.5) is 0 Å². The molecular weight excluding hydrogens is 294 g/mol. The number of hydrogen-bond donors (Lipinski definition) is 1. The fourth-order valence-electron chi connectivity index (χ4n) is 2.06. The van der Waals surface area contributed by atoms with Crippen molar-refractivity contribution < 1.29 is 9.15 Å². The highest BCUT2D eigenvalue weighted by Gasteiger charge is 2.17. The Kier molecular flexibility index (Phi) is 4.09. The molecule has 0 radical (unpaired) electrons. The van der Waals surface area contributed by atoms with Gasteiger partial charge in [-0.15, -0.1) is 0 Å². The van der Waals surface area contributed by atoms with Crippen molar-refractivity contribution >= 4 is 15.9 Å². The molecule has 0 saturated carbocycles. The van der Waals surface area contributed by atoms with Gasteiger partial charge in [0, 0.05) is 5.56 Å². The van der Waals surface area contributed by atoms with E-state index in [1.165, 1.54) is 0 Å². The van der Waals surface area contributed by atoms with Crippen molar-refractivity contribution in [1.29, 1.82) is 0 Å². The van der Waals surface area contributed by atoms with Crippen LogP contribution in [0.5, 0.6) is 5.75 Å². The molecule has 0 saturated heterocycles. The van der Waals surface area contributed by atoms with Gasteiger partial charge in [-0.3, -0.25) is 0 Å².